The van der Waals surface area contributed by atoms with Crippen LogP contribution in [-0.2, 0) is 6.61 Å². The first-order valence-corrected chi connectivity index (χ1v) is 7.82. The van der Waals surface area contributed by atoms with Crippen LogP contribution in [0.15, 0.2) is 48.7 Å². The van der Waals surface area contributed by atoms with Crippen LogP contribution in [0.25, 0.3) is 33.1 Å². The fourth-order valence-corrected chi connectivity index (χ4v) is 3.22. The van der Waals surface area contributed by atoms with Crippen LogP contribution in [0.3, 0.4) is 0 Å². The maximum Gasteiger partial charge on any atom is 0.0899 e. The second-order valence-electron chi connectivity index (χ2n) is 5.71. The molecule has 0 fully saturated rings. The highest BCUT2D eigenvalue weighted by molar-refractivity contribution is 6.35. The van der Waals surface area contributed by atoms with Gasteiger partial charge >= 0.3 is 0 Å². The van der Waals surface area contributed by atoms with Crippen LogP contribution < -0.4 is 0 Å². The molecule has 0 saturated heterocycles. The molecule has 0 spiro atoms. The number of fused-ring (bicyclic) bond motifs is 2. The summed E-state index contributed by atoms with van der Waals surface area (Å²) in [6.07, 6.45) is 1.95. The minimum absolute atomic E-state index is 0.0479. The Bertz CT molecular complexity index is 1040. The molecular formula is C19H15ClN2O. The first kappa shape index (κ1) is 14.2. The third kappa shape index (κ3) is 2.29. The summed E-state index contributed by atoms with van der Waals surface area (Å²) in [7, 11) is 0. The molecule has 4 rings (SSSR count). The van der Waals surface area contributed by atoms with Crippen LogP contribution >= 0.6 is 11.6 Å². The van der Waals surface area contributed by atoms with E-state index in [1.54, 1.807) is 0 Å². The predicted octanol–water partition coefficient (Wildman–Crippen LogP) is 4.84. The Hall–Kier alpha value is -2.36. The highest BCUT2D eigenvalue weighted by atomic mass is 35.5. The Labute approximate surface area is 138 Å². The van der Waals surface area contributed by atoms with Gasteiger partial charge < -0.3 is 10.1 Å². The van der Waals surface area contributed by atoms with Gasteiger partial charge in [-0.2, -0.15) is 0 Å². The molecule has 2 aromatic heterocycles. The lowest BCUT2D eigenvalue weighted by Gasteiger charge is -2.09. The Balaban J connectivity index is 2.04. The predicted molar refractivity (Wildman–Crippen MR) is 94.7 cm³/mol. The van der Waals surface area contributed by atoms with Gasteiger partial charge in [0, 0.05) is 28.0 Å². The van der Waals surface area contributed by atoms with Gasteiger partial charge in [-0.3, -0.25) is 0 Å². The molecule has 23 heavy (non-hydrogen) atoms. The topological polar surface area (TPSA) is 48.9 Å². The van der Waals surface area contributed by atoms with Crippen molar-refractivity contribution in [2.45, 2.75) is 13.5 Å². The second kappa shape index (κ2) is 5.37. The van der Waals surface area contributed by atoms with Crippen molar-refractivity contribution in [3.63, 3.8) is 0 Å². The van der Waals surface area contributed by atoms with Crippen molar-refractivity contribution in [3.8, 4) is 11.3 Å². The molecule has 114 valence electrons. The summed E-state index contributed by atoms with van der Waals surface area (Å²) < 4.78 is 0. The molecule has 3 nitrogen and oxygen atoms in total. The first-order valence-electron chi connectivity index (χ1n) is 7.44. The monoisotopic (exact) mass is 322 g/mol. The number of benzene rings is 2. The lowest BCUT2D eigenvalue weighted by molar-refractivity contribution is 0.283. The number of aryl methyl sites for hydroxylation is 1. The average Bonchev–Trinajstić information content (AvgIpc) is 2.97. The fraction of sp³-hybridized carbons (Fsp3) is 0.105. The van der Waals surface area contributed by atoms with Gasteiger partial charge in [-0.25, -0.2) is 4.98 Å². The second-order valence-corrected chi connectivity index (χ2v) is 6.12. The van der Waals surface area contributed by atoms with Gasteiger partial charge in [0.2, 0.25) is 0 Å². The van der Waals surface area contributed by atoms with Crippen LogP contribution in [-0.4, -0.2) is 15.1 Å². The van der Waals surface area contributed by atoms with Gasteiger partial charge in [0.1, 0.15) is 0 Å². The highest BCUT2D eigenvalue weighted by Crippen LogP contribution is 2.33. The van der Waals surface area contributed by atoms with Crippen molar-refractivity contribution in [1.82, 2.24) is 9.97 Å². The first-order chi connectivity index (χ1) is 11.2. The molecule has 2 heterocycles. The van der Waals surface area contributed by atoms with Crippen molar-refractivity contribution in [1.29, 1.82) is 0 Å². The Morgan fingerprint density at radius 3 is 2.83 bits per heavy atom. The maximum absolute atomic E-state index is 9.73. The summed E-state index contributed by atoms with van der Waals surface area (Å²) in [4.78, 5) is 8.02. The molecule has 2 N–H and O–H groups in total. The largest absolute Gasteiger partial charge is 0.392 e. The molecule has 0 aliphatic heterocycles. The molecule has 0 aliphatic carbocycles. The summed E-state index contributed by atoms with van der Waals surface area (Å²) in [6, 6.07) is 13.8. The summed E-state index contributed by atoms with van der Waals surface area (Å²) in [5, 5.41) is 12.3. The number of aromatic amines is 1. The van der Waals surface area contributed by atoms with E-state index in [0.717, 1.165) is 38.6 Å². The third-order valence-electron chi connectivity index (χ3n) is 4.16. The third-order valence-corrected chi connectivity index (χ3v) is 4.46. The molecule has 0 bridgehead atoms. The average molecular weight is 323 g/mol. The number of para-hydroxylation sites is 1. The zero-order valence-corrected chi connectivity index (χ0v) is 13.4. The van der Waals surface area contributed by atoms with E-state index in [2.05, 4.69) is 30.1 Å². The SMILES string of the molecule is Cc1ccc2[nH]cc(-c3cc(CO)c4cccc(Cl)c4n3)c2c1. The van der Waals surface area contributed by atoms with Crippen LogP contribution in [0.5, 0.6) is 0 Å². The lowest BCUT2D eigenvalue weighted by atomic mass is 10.0. The standard InChI is InChI=1S/C19H15ClN2O/c1-11-5-6-17-14(7-11)15(9-21-17)18-8-12(10-23)13-3-2-4-16(20)19(13)22-18/h2-9,21,23H,10H2,1H3. The number of aromatic nitrogens is 2. The summed E-state index contributed by atoms with van der Waals surface area (Å²) >= 11 is 6.31. The molecule has 4 aromatic rings. The zero-order chi connectivity index (χ0) is 16.0. The molecule has 0 aliphatic rings. The molecular weight excluding hydrogens is 308 g/mol. The van der Waals surface area contributed by atoms with Crippen molar-refractivity contribution < 1.29 is 5.11 Å². The molecule has 2 aromatic carbocycles. The maximum atomic E-state index is 9.73. The van der Waals surface area contributed by atoms with Crippen LogP contribution in [0.4, 0.5) is 0 Å². The molecule has 0 unspecified atom stereocenters. The number of hydrogen-bond acceptors (Lipinski definition) is 2. The van der Waals surface area contributed by atoms with Crippen LogP contribution in [0.1, 0.15) is 11.1 Å². The number of rotatable bonds is 2. The number of pyridine rings is 1. The fourth-order valence-electron chi connectivity index (χ4n) is 3.00. The number of hydrogen-bond donors (Lipinski definition) is 2. The van der Waals surface area contributed by atoms with Gasteiger partial charge in [-0.15, -0.1) is 0 Å². The molecule has 0 atom stereocenters. The van der Waals surface area contributed by atoms with Crippen LogP contribution in [0.2, 0.25) is 5.02 Å². The van der Waals surface area contributed by atoms with E-state index in [1.165, 1.54) is 5.56 Å². The van der Waals surface area contributed by atoms with E-state index in [9.17, 15) is 5.11 Å². The van der Waals surface area contributed by atoms with Gasteiger partial charge in [0.25, 0.3) is 0 Å². The minimum atomic E-state index is -0.0479. The van der Waals surface area contributed by atoms with Crippen LogP contribution in [0, 0.1) is 6.92 Å². The van der Waals surface area contributed by atoms with Crippen molar-refractivity contribution in [2.75, 3.05) is 0 Å². The lowest BCUT2D eigenvalue weighted by Crippen LogP contribution is -1.93. The molecule has 0 radical (unpaired) electrons. The van der Waals surface area contributed by atoms with Crippen molar-refractivity contribution >= 4 is 33.4 Å². The van der Waals surface area contributed by atoms with Crippen molar-refractivity contribution in [3.05, 3.63) is 64.8 Å². The number of nitrogens with zero attached hydrogens (tertiary/aromatic N) is 1. The highest BCUT2D eigenvalue weighted by Gasteiger charge is 2.12. The number of aliphatic hydroxyl groups excluding tert-OH is 1. The van der Waals surface area contributed by atoms with E-state index in [4.69, 9.17) is 16.6 Å². The number of H-pyrrole nitrogens is 1. The number of nitrogens with one attached hydrogen (secondary N) is 1. The van der Waals surface area contributed by atoms with E-state index < -0.39 is 0 Å². The minimum Gasteiger partial charge on any atom is -0.392 e. The zero-order valence-electron chi connectivity index (χ0n) is 12.6. The number of halogens is 1. The summed E-state index contributed by atoms with van der Waals surface area (Å²) in [5.74, 6) is 0. The van der Waals surface area contributed by atoms with E-state index in [-0.39, 0.29) is 6.61 Å². The van der Waals surface area contributed by atoms with E-state index >= 15 is 0 Å². The van der Waals surface area contributed by atoms with Gasteiger partial charge in [-0.05, 0) is 36.8 Å². The van der Waals surface area contributed by atoms with Crippen molar-refractivity contribution in [2.24, 2.45) is 0 Å². The Morgan fingerprint density at radius 1 is 1.13 bits per heavy atom. The van der Waals surface area contributed by atoms with E-state index in [1.807, 2.05) is 30.5 Å². The molecule has 4 heteroatoms. The Kier molecular flexibility index (Phi) is 3.33. The van der Waals surface area contributed by atoms with E-state index in [0.29, 0.717) is 5.02 Å². The summed E-state index contributed by atoms with van der Waals surface area (Å²) in [5.41, 5.74) is 5.63. The van der Waals surface area contributed by atoms with Gasteiger partial charge in [0.15, 0.2) is 0 Å². The molecule has 0 saturated carbocycles. The number of aliphatic hydroxyl groups is 1. The van der Waals surface area contributed by atoms with Gasteiger partial charge in [0.05, 0.1) is 22.8 Å². The normalized spacial score (nSPS) is 11.4. The smallest absolute Gasteiger partial charge is 0.0899 e. The molecule has 0 amide bonds. The summed E-state index contributed by atoms with van der Waals surface area (Å²) in [6.45, 7) is 2.02. The quantitative estimate of drug-likeness (QED) is 0.555. The Morgan fingerprint density at radius 2 is 2.00 bits per heavy atom. The van der Waals surface area contributed by atoms with Gasteiger partial charge in [-0.1, -0.05) is 35.4 Å².